The van der Waals surface area contributed by atoms with Gasteiger partial charge < -0.3 is 10.1 Å². The molecule has 160 valence electrons. The number of nitrogens with zero attached hydrogens (tertiary/aromatic N) is 2. The molecule has 3 aromatic rings. The highest BCUT2D eigenvalue weighted by Crippen LogP contribution is 2.33. The van der Waals surface area contributed by atoms with Gasteiger partial charge in [-0.2, -0.15) is 0 Å². The van der Waals surface area contributed by atoms with Crippen LogP contribution in [-0.2, 0) is 6.42 Å². The van der Waals surface area contributed by atoms with Crippen molar-refractivity contribution in [2.24, 2.45) is 0 Å². The molecule has 1 aliphatic rings. The lowest BCUT2D eigenvalue weighted by Crippen LogP contribution is -2.43. The largest absolute Gasteiger partial charge is 0.497 e. The minimum absolute atomic E-state index is 0.110. The number of benzene rings is 2. The molecule has 0 amide bonds. The maximum atomic E-state index is 13.5. The molecule has 0 radical (unpaired) electrons. The molecule has 0 aliphatic carbocycles. The maximum absolute atomic E-state index is 13.5. The number of alkyl halides is 2. The molecular weight excluding hydrogens is 416 g/mol. The Morgan fingerprint density at radius 3 is 2.55 bits per heavy atom. The van der Waals surface area contributed by atoms with Gasteiger partial charge in [-0.3, -0.25) is 0 Å². The van der Waals surface area contributed by atoms with Crippen molar-refractivity contribution in [3.8, 4) is 17.0 Å². The standard InChI is InChI=1S/C24H23F2N3OS/c1-24(2)13-16-6-4-5-7-18(16)21(29-24)14-31-23-27-19(12-20(28-23)22(25)26)15-8-10-17(30-3)11-9-15/h4-12,14,22,29H,13H2,1-3H3. The van der Waals surface area contributed by atoms with Gasteiger partial charge in [-0.1, -0.05) is 36.0 Å². The van der Waals surface area contributed by atoms with Crippen molar-refractivity contribution in [2.45, 2.75) is 37.4 Å². The van der Waals surface area contributed by atoms with Crippen molar-refractivity contribution >= 4 is 17.5 Å². The second-order valence-corrected chi connectivity index (χ2v) is 8.82. The Morgan fingerprint density at radius 2 is 1.84 bits per heavy atom. The van der Waals surface area contributed by atoms with E-state index >= 15 is 0 Å². The summed E-state index contributed by atoms with van der Waals surface area (Å²) in [7, 11) is 1.58. The van der Waals surface area contributed by atoms with Crippen LogP contribution in [0.5, 0.6) is 5.75 Å². The minimum atomic E-state index is -2.68. The van der Waals surface area contributed by atoms with Crippen molar-refractivity contribution in [3.63, 3.8) is 0 Å². The molecule has 0 saturated carbocycles. The van der Waals surface area contributed by atoms with Gasteiger partial charge in [-0.05, 0) is 56.2 Å². The number of aromatic nitrogens is 2. The van der Waals surface area contributed by atoms with Crippen LogP contribution in [0.4, 0.5) is 8.78 Å². The molecule has 0 saturated heterocycles. The number of nitrogens with one attached hydrogen (secondary N) is 1. The van der Waals surface area contributed by atoms with E-state index in [0.717, 1.165) is 23.2 Å². The fraction of sp³-hybridized carbons (Fsp3) is 0.250. The van der Waals surface area contributed by atoms with E-state index in [1.807, 2.05) is 17.5 Å². The van der Waals surface area contributed by atoms with Crippen LogP contribution in [0.1, 0.15) is 37.1 Å². The van der Waals surface area contributed by atoms with Crippen LogP contribution >= 0.6 is 11.8 Å². The predicted molar refractivity (Wildman–Crippen MR) is 120 cm³/mol. The normalized spacial score (nSPS) is 16.1. The van der Waals surface area contributed by atoms with Gasteiger partial charge in [0, 0.05) is 27.8 Å². The van der Waals surface area contributed by atoms with Crippen molar-refractivity contribution < 1.29 is 13.5 Å². The van der Waals surface area contributed by atoms with E-state index in [9.17, 15) is 8.78 Å². The van der Waals surface area contributed by atoms with Crippen LogP contribution < -0.4 is 10.1 Å². The van der Waals surface area contributed by atoms with Gasteiger partial charge in [0.2, 0.25) is 0 Å². The average molecular weight is 440 g/mol. The van der Waals surface area contributed by atoms with Crippen LogP contribution in [0.2, 0.25) is 0 Å². The molecule has 1 N–H and O–H groups in total. The van der Waals surface area contributed by atoms with Crippen molar-refractivity contribution in [3.05, 3.63) is 76.8 Å². The van der Waals surface area contributed by atoms with Crippen molar-refractivity contribution in [1.29, 1.82) is 0 Å². The fourth-order valence-electron chi connectivity index (χ4n) is 3.61. The summed E-state index contributed by atoms with van der Waals surface area (Å²) >= 11 is 1.23. The Morgan fingerprint density at radius 1 is 1.10 bits per heavy atom. The lowest BCUT2D eigenvalue weighted by molar-refractivity contribution is 0.145. The SMILES string of the molecule is COc1ccc(-c2cc(C(F)F)nc(SC=C3NC(C)(C)Cc4ccccc43)n2)cc1. The van der Waals surface area contributed by atoms with Crippen LogP contribution in [0.15, 0.2) is 65.2 Å². The molecule has 4 nitrogen and oxygen atoms in total. The van der Waals surface area contributed by atoms with Gasteiger partial charge in [-0.25, -0.2) is 18.7 Å². The van der Waals surface area contributed by atoms with E-state index in [1.54, 1.807) is 31.4 Å². The summed E-state index contributed by atoms with van der Waals surface area (Å²) in [5, 5.41) is 5.72. The quantitative estimate of drug-likeness (QED) is 0.384. The number of halogens is 2. The summed E-state index contributed by atoms with van der Waals surface area (Å²) in [5.41, 5.74) is 4.07. The first kappa shape index (κ1) is 21.3. The second-order valence-electron chi connectivity index (χ2n) is 7.98. The third-order valence-electron chi connectivity index (χ3n) is 5.03. The van der Waals surface area contributed by atoms with Gasteiger partial charge in [0.25, 0.3) is 6.43 Å². The summed E-state index contributed by atoms with van der Waals surface area (Å²) in [6, 6.07) is 16.7. The molecule has 4 rings (SSSR count). The zero-order valence-corrected chi connectivity index (χ0v) is 18.3. The van der Waals surface area contributed by atoms with Gasteiger partial charge in [0.05, 0.1) is 12.8 Å². The predicted octanol–water partition coefficient (Wildman–Crippen LogP) is 6.10. The number of rotatable bonds is 5. The second kappa shape index (κ2) is 8.67. The van der Waals surface area contributed by atoms with Crippen LogP contribution in [0, 0.1) is 0 Å². The van der Waals surface area contributed by atoms with Gasteiger partial charge in [0.15, 0.2) is 5.16 Å². The Hall–Kier alpha value is -2.93. The number of methoxy groups -OCH3 is 1. The molecule has 2 aromatic carbocycles. The topological polar surface area (TPSA) is 47.0 Å². The summed E-state index contributed by atoms with van der Waals surface area (Å²) in [5.74, 6) is 0.691. The monoisotopic (exact) mass is 439 g/mol. The zero-order valence-electron chi connectivity index (χ0n) is 17.5. The van der Waals surface area contributed by atoms with Gasteiger partial charge in [-0.15, -0.1) is 0 Å². The fourth-order valence-corrected chi connectivity index (χ4v) is 4.33. The Balaban J connectivity index is 1.69. The number of thioether (sulfide) groups is 1. The third kappa shape index (κ3) is 4.88. The molecule has 31 heavy (non-hydrogen) atoms. The molecule has 0 fully saturated rings. The van der Waals surface area contributed by atoms with E-state index in [1.165, 1.54) is 23.4 Å². The van der Waals surface area contributed by atoms with Crippen LogP contribution in [0.3, 0.4) is 0 Å². The first-order valence-electron chi connectivity index (χ1n) is 9.89. The van der Waals surface area contributed by atoms with E-state index in [2.05, 4.69) is 41.3 Å². The highest BCUT2D eigenvalue weighted by molar-refractivity contribution is 8.02. The maximum Gasteiger partial charge on any atom is 0.280 e. The highest BCUT2D eigenvalue weighted by Gasteiger charge is 2.27. The molecular formula is C24H23F2N3OS. The number of ether oxygens (including phenoxy) is 1. The molecule has 1 aromatic heterocycles. The summed E-state index contributed by atoms with van der Waals surface area (Å²) < 4.78 is 32.2. The summed E-state index contributed by atoms with van der Waals surface area (Å²) in [6.45, 7) is 4.27. The first-order chi connectivity index (χ1) is 14.8. The van der Waals surface area contributed by atoms with Crippen LogP contribution in [0.25, 0.3) is 17.0 Å². The smallest absolute Gasteiger partial charge is 0.280 e. The van der Waals surface area contributed by atoms with Gasteiger partial charge in [0.1, 0.15) is 11.4 Å². The van der Waals surface area contributed by atoms with Crippen molar-refractivity contribution in [1.82, 2.24) is 15.3 Å². The Labute approximate surface area is 184 Å². The number of hydrogen-bond acceptors (Lipinski definition) is 5. The highest BCUT2D eigenvalue weighted by atomic mass is 32.2. The molecule has 0 atom stereocenters. The summed E-state index contributed by atoms with van der Waals surface area (Å²) in [6.07, 6.45) is -1.77. The Kier molecular flexibility index (Phi) is 5.96. The molecule has 0 unspecified atom stereocenters. The molecule has 0 spiro atoms. The van der Waals surface area contributed by atoms with E-state index in [0.29, 0.717) is 11.4 Å². The molecule has 0 bridgehead atoms. The Bertz CT molecular complexity index is 1110. The van der Waals surface area contributed by atoms with E-state index in [-0.39, 0.29) is 16.4 Å². The molecule has 2 heterocycles. The third-order valence-corrected chi connectivity index (χ3v) is 5.78. The average Bonchev–Trinajstić information content (AvgIpc) is 2.76. The lowest BCUT2D eigenvalue weighted by atomic mass is 9.86. The lowest BCUT2D eigenvalue weighted by Gasteiger charge is -2.35. The van der Waals surface area contributed by atoms with Crippen LogP contribution in [-0.4, -0.2) is 22.6 Å². The van der Waals surface area contributed by atoms with Crippen molar-refractivity contribution in [2.75, 3.05) is 7.11 Å². The number of fused-ring (bicyclic) bond motifs is 1. The molecule has 1 aliphatic heterocycles. The first-order valence-corrected chi connectivity index (χ1v) is 10.8. The summed E-state index contributed by atoms with van der Waals surface area (Å²) in [4.78, 5) is 8.60. The van der Waals surface area contributed by atoms with E-state index < -0.39 is 6.43 Å². The van der Waals surface area contributed by atoms with E-state index in [4.69, 9.17) is 4.74 Å². The minimum Gasteiger partial charge on any atom is -0.497 e. The molecule has 7 heteroatoms. The number of hydrogen-bond donors (Lipinski definition) is 1. The van der Waals surface area contributed by atoms with Gasteiger partial charge >= 0.3 is 0 Å². The zero-order chi connectivity index (χ0) is 22.0.